The molecular formula is H4BBaO7P. The first-order chi connectivity index (χ1) is 3.73. The number of phosphoric acid groups is 1. The molecule has 10 heteroatoms. The maximum Gasteiger partial charge on any atom is 2.00 e. The molecule has 0 saturated carbocycles. The van der Waals surface area contributed by atoms with Crippen LogP contribution in [0.4, 0.5) is 0 Å². The second-order valence-electron chi connectivity index (χ2n) is 0.815. The van der Waals surface area contributed by atoms with Crippen molar-refractivity contribution in [2.75, 3.05) is 0 Å². The fraction of sp³-hybridized carbons (Fsp3) is 0. The maximum absolute atomic E-state index is 8.66. The quantitative estimate of drug-likeness (QED) is 0.260. The largest absolute Gasteiger partial charge is 2.00 e. The molecule has 0 aromatic carbocycles. The molecule has 10 heavy (non-hydrogen) atoms. The summed E-state index contributed by atoms with van der Waals surface area (Å²) >= 11 is 0. The summed E-state index contributed by atoms with van der Waals surface area (Å²) in [7, 11) is -7.31. The van der Waals surface area contributed by atoms with Crippen LogP contribution in [0.25, 0.3) is 0 Å². The number of hydrogen-bond acceptors (Lipinski definition) is 6. The molecule has 0 aromatic rings. The Balaban J connectivity index is -0.0000000910. The van der Waals surface area contributed by atoms with E-state index in [1.54, 1.807) is 0 Å². The molecule has 0 aliphatic carbocycles. The van der Waals surface area contributed by atoms with Gasteiger partial charge in [0.15, 0.2) is 0 Å². The molecule has 0 radical (unpaired) electrons. The van der Waals surface area contributed by atoms with Gasteiger partial charge in [-0.3, -0.25) is 0 Å². The van der Waals surface area contributed by atoms with Crippen LogP contribution in [-0.4, -0.2) is 76.2 Å². The molecule has 0 atom stereocenters. The fourth-order valence-corrected chi connectivity index (χ4v) is 0. The predicted octanol–water partition coefficient (Wildman–Crippen LogP) is -4.63. The zero-order valence-corrected chi connectivity index (χ0v) is 10.1. The Morgan fingerprint density at radius 3 is 1.20 bits per heavy atom. The van der Waals surface area contributed by atoms with Crippen molar-refractivity contribution in [3.05, 3.63) is 0 Å². The van der Waals surface area contributed by atoms with Crippen molar-refractivity contribution in [3.63, 3.8) is 0 Å². The van der Waals surface area contributed by atoms with E-state index in [1.165, 1.54) is 0 Å². The van der Waals surface area contributed by atoms with Gasteiger partial charge >= 0.3 is 56.2 Å². The standard InChI is InChI=1S/BH3O3.Ba.H3O4P/c2-1(3)4;;1-5(2,3)4/h2-4H;;(H3,1,2,3,4)/q;+2;/p-2. The molecule has 0 heterocycles. The summed E-state index contributed by atoms with van der Waals surface area (Å²) in [6.45, 7) is 0. The van der Waals surface area contributed by atoms with Gasteiger partial charge in [0.25, 0.3) is 0 Å². The van der Waals surface area contributed by atoms with E-state index >= 15 is 0 Å². The Bertz CT molecular complexity index is 84.8. The van der Waals surface area contributed by atoms with Crippen LogP contribution in [-0.2, 0) is 4.57 Å². The van der Waals surface area contributed by atoms with Crippen LogP contribution in [0.1, 0.15) is 0 Å². The van der Waals surface area contributed by atoms with Crippen LogP contribution in [0.15, 0.2) is 0 Å². The van der Waals surface area contributed by atoms with Gasteiger partial charge < -0.3 is 34.3 Å². The molecule has 0 saturated heterocycles. The summed E-state index contributed by atoms with van der Waals surface area (Å²) < 4.78 is 8.66. The average Bonchev–Trinajstić information content (AvgIpc) is 1.19. The van der Waals surface area contributed by atoms with Crippen LogP contribution in [0.3, 0.4) is 0 Å². The topological polar surface area (TPSA) is 144 Å². The molecule has 0 fully saturated rings. The summed E-state index contributed by atoms with van der Waals surface area (Å²) in [5.74, 6) is 0. The van der Waals surface area contributed by atoms with Gasteiger partial charge in [-0.15, -0.1) is 0 Å². The summed E-state index contributed by atoms with van der Waals surface area (Å²) in [5, 5.41) is 21.5. The minimum absolute atomic E-state index is 0. The minimum Gasteiger partial charge on any atom is -0.790 e. The van der Waals surface area contributed by atoms with Gasteiger partial charge in [0, 0.05) is 0 Å². The smallest absolute Gasteiger partial charge is 0.790 e. The zero-order valence-electron chi connectivity index (χ0n) is 4.75. The second-order valence-corrected chi connectivity index (χ2v) is 1.75. The van der Waals surface area contributed by atoms with Crippen LogP contribution in [0, 0.1) is 0 Å². The normalized spacial score (nSPS) is 8.60. The maximum atomic E-state index is 8.66. The van der Waals surface area contributed by atoms with E-state index in [9.17, 15) is 0 Å². The molecule has 0 aromatic heterocycles. The van der Waals surface area contributed by atoms with E-state index in [0.29, 0.717) is 0 Å². The van der Waals surface area contributed by atoms with Gasteiger partial charge in [-0.1, -0.05) is 0 Å². The molecule has 0 spiro atoms. The Kier molecular flexibility index (Phi) is 15.4. The Morgan fingerprint density at radius 1 is 1.20 bits per heavy atom. The van der Waals surface area contributed by atoms with Crippen molar-refractivity contribution >= 4 is 64.0 Å². The van der Waals surface area contributed by atoms with E-state index in [2.05, 4.69) is 0 Å². The van der Waals surface area contributed by atoms with Gasteiger partial charge in [-0.05, 0) is 0 Å². The van der Waals surface area contributed by atoms with Crippen LogP contribution >= 0.6 is 7.82 Å². The van der Waals surface area contributed by atoms with E-state index in [4.69, 9.17) is 34.3 Å². The van der Waals surface area contributed by atoms with Crippen molar-refractivity contribution in [1.82, 2.24) is 0 Å². The van der Waals surface area contributed by atoms with Crippen molar-refractivity contribution < 1.29 is 34.3 Å². The summed E-state index contributed by atoms with van der Waals surface area (Å²) in [6, 6.07) is 0. The Morgan fingerprint density at radius 2 is 1.20 bits per heavy atom. The van der Waals surface area contributed by atoms with Gasteiger partial charge in [0.1, 0.15) is 0 Å². The van der Waals surface area contributed by atoms with Gasteiger partial charge in [-0.2, -0.15) is 0 Å². The number of hydrogen-bond donors (Lipinski definition) is 4. The molecule has 7 nitrogen and oxygen atoms in total. The van der Waals surface area contributed by atoms with Crippen molar-refractivity contribution in [3.8, 4) is 0 Å². The van der Waals surface area contributed by atoms with E-state index in [0.717, 1.165) is 0 Å². The van der Waals surface area contributed by atoms with E-state index < -0.39 is 15.1 Å². The molecule has 0 rings (SSSR count). The third kappa shape index (κ3) is 271. The molecule has 56 valence electrons. The first kappa shape index (κ1) is 17.6. The Labute approximate surface area is 97.2 Å². The van der Waals surface area contributed by atoms with E-state index in [1.807, 2.05) is 0 Å². The van der Waals surface area contributed by atoms with Crippen molar-refractivity contribution in [2.45, 2.75) is 0 Å². The van der Waals surface area contributed by atoms with Crippen molar-refractivity contribution in [1.29, 1.82) is 0 Å². The molecule has 0 aliphatic rings. The van der Waals surface area contributed by atoms with Gasteiger partial charge in [0.2, 0.25) is 0 Å². The monoisotopic (exact) mass is 296 g/mol. The molecule has 0 amide bonds. The minimum atomic E-state index is -5.14. The first-order valence-corrected chi connectivity index (χ1v) is 3.02. The summed E-state index contributed by atoms with van der Waals surface area (Å²) in [4.78, 5) is 24.3. The molecule has 4 N–H and O–H groups in total. The molecule has 0 unspecified atom stereocenters. The fourth-order valence-electron chi connectivity index (χ4n) is 0. The zero-order chi connectivity index (χ0) is 8.08. The van der Waals surface area contributed by atoms with Gasteiger partial charge in [0.05, 0.1) is 7.82 Å². The van der Waals surface area contributed by atoms with E-state index in [-0.39, 0.29) is 48.9 Å². The molecular weight excluding hydrogens is 291 g/mol. The SMILES string of the molecule is O=P([O-])([O-])O.OB(O)O.[Ba+2]. The Hall–Kier alpha value is 1.63. The number of rotatable bonds is 0. The average molecular weight is 295 g/mol. The predicted molar refractivity (Wildman–Crippen MR) is 28.0 cm³/mol. The van der Waals surface area contributed by atoms with Crippen LogP contribution < -0.4 is 9.79 Å². The van der Waals surface area contributed by atoms with Crippen molar-refractivity contribution in [2.24, 2.45) is 0 Å². The second kappa shape index (κ2) is 8.72. The molecule has 0 aliphatic heterocycles. The van der Waals surface area contributed by atoms with Gasteiger partial charge in [-0.25, -0.2) is 0 Å². The van der Waals surface area contributed by atoms with Crippen LogP contribution in [0.2, 0.25) is 0 Å². The molecule has 0 bridgehead atoms. The third-order valence-corrected chi connectivity index (χ3v) is 0. The van der Waals surface area contributed by atoms with Crippen LogP contribution in [0.5, 0.6) is 0 Å². The first-order valence-electron chi connectivity index (χ1n) is 1.52. The third-order valence-electron chi connectivity index (χ3n) is 0. The summed E-state index contributed by atoms with van der Waals surface area (Å²) in [5.41, 5.74) is 0. The summed E-state index contributed by atoms with van der Waals surface area (Å²) in [6.07, 6.45) is 0.